The lowest BCUT2D eigenvalue weighted by atomic mass is 9.96. The summed E-state index contributed by atoms with van der Waals surface area (Å²) in [6.07, 6.45) is 3.00. The third-order valence-corrected chi connectivity index (χ3v) is 6.28. The van der Waals surface area contributed by atoms with Crippen LogP contribution in [0.5, 0.6) is 0 Å². The van der Waals surface area contributed by atoms with E-state index in [2.05, 4.69) is 10.4 Å². The van der Waals surface area contributed by atoms with Gasteiger partial charge in [-0.05, 0) is 46.1 Å². The summed E-state index contributed by atoms with van der Waals surface area (Å²) in [4.78, 5) is 28.9. The summed E-state index contributed by atoms with van der Waals surface area (Å²) in [6.45, 7) is 6.31. The van der Waals surface area contributed by atoms with Crippen LogP contribution in [0.4, 0.5) is 0 Å². The van der Waals surface area contributed by atoms with Crippen LogP contribution in [0.3, 0.4) is 0 Å². The van der Waals surface area contributed by atoms with Crippen molar-refractivity contribution >= 4 is 33.4 Å². The molecule has 3 atom stereocenters. The molecule has 1 fully saturated rings. The summed E-state index contributed by atoms with van der Waals surface area (Å²) < 4.78 is 1.78. The van der Waals surface area contributed by atoms with Crippen molar-refractivity contribution in [1.82, 2.24) is 20.0 Å². The fourth-order valence-corrected chi connectivity index (χ4v) is 4.70. The molecule has 1 aliphatic heterocycles. The monoisotopic (exact) mass is 377 g/mol. The van der Waals surface area contributed by atoms with Gasteiger partial charge in [-0.15, -0.1) is 11.3 Å². The molecule has 142 valence electrons. The highest BCUT2D eigenvalue weighted by molar-refractivity contribution is 7.20. The van der Waals surface area contributed by atoms with E-state index >= 15 is 0 Å². The number of rotatable bonds is 4. The second kappa shape index (κ2) is 7.36. The van der Waals surface area contributed by atoms with Gasteiger partial charge in [-0.25, -0.2) is 0 Å². The lowest BCUT2D eigenvalue weighted by Gasteiger charge is -2.39. The summed E-state index contributed by atoms with van der Waals surface area (Å²) in [5.41, 5.74) is 6.96. The van der Waals surface area contributed by atoms with E-state index in [1.165, 1.54) is 11.3 Å². The maximum Gasteiger partial charge on any atom is 0.262 e. The minimum Gasteiger partial charge on any atom is -0.340 e. The number of amides is 2. The zero-order valence-corrected chi connectivity index (χ0v) is 16.6. The van der Waals surface area contributed by atoms with Crippen molar-refractivity contribution in [3.8, 4) is 0 Å². The molecule has 0 bridgehead atoms. The Hall–Kier alpha value is -1.93. The molecular weight excluding hydrogens is 350 g/mol. The lowest BCUT2D eigenvalue weighted by molar-refractivity contribution is -0.137. The molecule has 3 N–H and O–H groups in total. The second-order valence-corrected chi connectivity index (χ2v) is 8.22. The SMILES string of the molecule is Cc1nn(C)c2sc(C(=O)NC(C)C(=O)N3CCCCC3C(C)N)cc12. The van der Waals surface area contributed by atoms with Gasteiger partial charge in [-0.1, -0.05) is 0 Å². The van der Waals surface area contributed by atoms with Crippen molar-refractivity contribution in [2.45, 2.75) is 58.2 Å². The number of nitrogens with two attached hydrogens (primary N) is 1. The van der Waals surface area contributed by atoms with E-state index < -0.39 is 6.04 Å². The summed E-state index contributed by atoms with van der Waals surface area (Å²) in [6, 6.07) is 1.25. The summed E-state index contributed by atoms with van der Waals surface area (Å²) in [5, 5.41) is 8.18. The van der Waals surface area contributed by atoms with Crippen molar-refractivity contribution in [2.75, 3.05) is 6.54 Å². The molecule has 7 nitrogen and oxygen atoms in total. The number of aromatic nitrogens is 2. The molecule has 3 rings (SSSR count). The highest BCUT2D eigenvalue weighted by Crippen LogP contribution is 2.27. The van der Waals surface area contributed by atoms with Crippen LogP contribution in [0.2, 0.25) is 0 Å². The summed E-state index contributed by atoms with van der Waals surface area (Å²) in [5.74, 6) is -0.278. The van der Waals surface area contributed by atoms with Crippen LogP contribution in [0.1, 0.15) is 48.5 Å². The number of likely N-dealkylation sites (tertiary alicyclic amines) is 1. The minimum absolute atomic E-state index is 0.0497. The molecular formula is C18H27N5O2S. The fourth-order valence-electron chi connectivity index (χ4n) is 3.67. The number of hydrogen-bond acceptors (Lipinski definition) is 5. The second-order valence-electron chi connectivity index (χ2n) is 7.19. The molecule has 3 unspecified atom stereocenters. The van der Waals surface area contributed by atoms with Gasteiger partial charge in [0.2, 0.25) is 5.91 Å². The van der Waals surface area contributed by atoms with Gasteiger partial charge in [0.15, 0.2) is 0 Å². The van der Waals surface area contributed by atoms with Gasteiger partial charge >= 0.3 is 0 Å². The summed E-state index contributed by atoms with van der Waals surface area (Å²) >= 11 is 1.39. The third-order valence-electron chi connectivity index (χ3n) is 5.08. The Morgan fingerprint density at radius 1 is 1.38 bits per heavy atom. The largest absolute Gasteiger partial charge is 0.340 e. The van der Waals surface area contributed by atoms with Crippen LogP contribution < -0.4 is 11.1 Å². The molecule has 8 heteroatoms. The van der Waals surface area contributed by atoms with Gasteiger partial charge in [0.25, 0.3) is 5.91 Å². The molecule has 0 aliphatic carbocycles. The van der Waals surface area contributed by atoms with Crippen LogP contribution in [0.25, 0.3) is 10.2 Å². The van der Waals surface area contributed by atoms with E-state index in [1.807, 2.05) is 31.9 Å². The van der Waals surface area contributed by atoms with E-state index in [4.69, 9.17) is 5.73 Å². The van der Waals surface area contributed by atoms with Gasteiger partial charge in [-0.3, -0.25) is 14.3 Å². The van der Waals surface area contributed by atoms with Crippen LogP contribution in [0.15, 0.2) is 6.07 Å². The average Bonchev–Trinajstić information content (AvgIpc) is 3.16. The van der Waals surface area contributed by atoms with Crippen molar-refractivity contribution in [1.29, 1.82) is 0 Å². The highest BCUT2D eigenvalue weighted by atomic mass is 32.1. The number of hydrogen-bond donors (Lipinski definition) is 2. The molecule has 0 saturated carbocycles. The lowest BCUT2D eigenvalue weighted by Crippen LogP contribution is -2.56. The van der Waals surface area contributed by atoms with Crippen LogP contribution >= 0.6 is 11.3 Å². The number of fused-ring (bicyclic) bond motifs is 1. The molecule has 1 saturated heterocycles. The third kappa shape index (κ3) is 3.48. The molecule has 2 aromatic rings. The van der Waals surface area contributed by atoms with Crippen LogP contribution in [-0.2, 0) is 11.8 Å². The smallest absolute Gasteiger partial charge is 0.262 e. The number of carbonyl (C=O) groups excluding carboxylic acids is 2. The van der Waals surface area contributed by atoms with Crippen LogP contribution in [-0.4, -0.2) is 51.2 Å². The molecule has 2 aromatic heterocycles. The first-order valence-electron chi connectivity index (χ1n) is 9.09. The van der Waals surface area contributed by atoms with Gasteiger partial charge in [0, 0.05) is 31.1 Å². The molecule has 2 amide bonds. The Balaban J connectivity index is 1.71. The quantitative estimate of drug-likeness (QED) is 0.849. The maximum absolute atomic E-state index is 12.9. The number of nitrogens with one attached hydrogen (secondary N) is 1. The molecule has 0 radical (unpaired) electrons. The molecule has 0 aromatic carbocycles. The Kier molecular flexibility index (Phi) is 5.34. The number of aryl methyl sites for hydroxylation is 2. The fraction of sp³-hybridized carbons (Fsp3) is 0.611. The van der Waals surface area contributed by atoms with E-state index in [0.717, 1.165) is 35.2 Å². The highest BCUT2D eigenvalue weighted by Gasteiger charge is 2.32. The first-order valence-corrected chi connectivity index (χ1v) is 9.91. The Morgan fingerprint density at radius 3 is 2.77 bits per heavy atom. The van der Waals surface area contributed by atoms with E-state index in [9.17, 15) is 9.59 Å². The van der Waals surface area contributed by atoms with E-state index in [1.54, 1.807) is 11.6 Å². The first-order chi connectivity index (χ1) is 12.3. The topological polar surface area (TPSA) is 93.2 Å². The normalized spacial score (nSPS) is 20.2. The molecule has 0 spiro atoms. The van der Waals surface area contributed by atoms with Gasteiger partial charge in [-0.2, -0.15) is 5.10 Å². The number of piperidine rings is 1. The zero-order chi connectivity index (χ0) is 19.0. The Morgan fingerprint density at radius 2 is 2.12 bits per heavy atom. The van der Waals surface area contributed by atoms with Crippen molar-refractivity contribution in [3.63, 3.8) is 0 Å². The van der Waals surface area contributed by atoms with Gasteiger partial charge < -0.3 is 16.0 Å². The van der Waals surface area contributed by atoms with Crippen molar-refractivity contribution in [2.24, 2.45) is 12.8 Å². The predicted molar refractivity (Wildman–Crippen MR) is 103 cm³/mol. The van der Waals surface area contributed by atoms with Crippen LogP contribution in [0, 0.1) is 6.92 Å². The molecule has 3 heterocycles. The van der Waals surface area contributed by atoms with Crippen molar-refractivity contribution < 1.29 is 9.59 Å². The number of carbonyl (C=O) groups is 2. The maximum atomic E-state index is 12.9. The Labute approximate surface area is 157 Å². The minimum atomic E-state index is -0.578. The molecule has 26 heavy (non-hydrogen) atoms. The summed E-state index contributed by atoms with van der Waals surface area (Å²) in [7, 11) is 1.87. The average molecular weight is 378 g/mol. The predicted octanol–water partition coefficient (Wildman–Crippen LogP) is 1.79. The molecule has 1 aliphatic rings. The Bertz CT molecular complexity index is 791. The zero-order valence-electron chi connectivity index (χ0n) is 15.8. The number of nitrogens with zero attached hydrogens (tertiary/aromatic N) is 3. The van der Waals surface area contributed by atoms with Gasteiger partial charge in [0.1, 0.15) is 10.9 Å². The van der Waals surface area contributed by atoms with Gasteiger partial charge in [0.05, 0.1) is 10.6 Å². The van der Waals surface area contributed by atoms with Crippen molar-refractivity contribution in [3.05, 3.63) is 16.6 Å². The van der Waals surface area contributed by atoms with E-state index in [-0.39, 0.29) is 23.9 Å². The first kappa shape index (κ1) is 18.8. The standard InChI is InChI=1S/C18H27N5O2S/c1-10(19)14-7-5-6-8-23(14)17(25)12(3)20-16(24)15-9-13-11(2)21-22(4)18(13)26-15/h9-10,12,14H,5-8,19H2,1-4H3,(H,20,24). The number of thiophene rings is 1. The van der Waals surface area contributed by atoms with E-state index in [0.29, 0.717) is 11.4 Å².